The van der Waals surface area contributed by atoms with Crippen molar-refractivity contribution in [3.05, 3.63) is 120 Å². The van der Waals surface area contributed by atoms with Crippen LogP contribution in [-0.4, -0.2) is 44.3 Å². The zero-order valence-corrected chi connectivity index (χ0v) is 24.9. The van der Waals surface area contributed by atoms with Crippen molar-refractivity contribution in [2.75, 3.05) is 17.4 Å². The van der Waals surface area contributed by atoms with E-state index in [1.165, 1.54) is 17.0 Å². The van der Waals surface area contributed by atoms with Gasteiger partial charge in [0.2, 0.25) is 11.8 Å². The molecule has 2 amide bonds. The number of nitrogens with zero attached hydrogens (tertiary/aromatic N) is 2. The lowest BCUT2D eigenvalue weighted by Crippen LogP contribution is -2.51. The average Bonchev–Trinajstić information content (AvgIpc) is 3.00. The number of halogens is 1. The van der Waals surface area contributed by atoms with Gasteiger partial charge in [-0.1, -0.05) is 66.2 Å². The van der Waals surface area contributed by atoms with Crippen LogP contribution in [0.3, 0.4) is 0 Å². The smallest absolute Gasteiger partial charge is 0.264 e. The maximum Gasteiger partial charge on any atom is 0.264 e. The Morgan fingerprint density at radius 3 is 2.02 bits per heavy atom. The minimum Gasteiger partial charge on any atom is -0.457 e. The molecule has 10 heteroatoms. The first kappa shape index (κ1) is 30.6. The van der Waals surface area contributed by atoms with Crippen LogP contribution in [0.2, 0.25) is 5.02 Å². The third-order valence-corrected chi connectivity index (χ3v) is 8.69. The van der Waals surface area contributed by atoms with E-state index >= 15 is 0 Å². The summed E-state index contributed by atoms with van der Waals surface area (Å²) in [5, 5.41) is 3.17. The molecular weight excluding hydrogens is 574 g/mol. The molecule has 218 valence electrons. The number of hydrogen-bond donors (Lipinski definition) is 1. The highest BCUT2D eigenvalue weighted by atomic mass is 35.5. The van der Waals surface area contributed by atoms with Gasteiger partial charge in [0, 0.05) is 18.1 Å². The molecule has 0 unspecified atom stereocenters. The number of benzene rings is 4. The van der Waals surface area contributed by atoms with Gasteiger partial charge in [0.15, 0.2) is 0 Å². The Balaban J connectivity index is 1.69. The molecule has 0 aliphatic heterocycles. The second-order valence-electron chi connectivity index (χ2n) is 9.42. The lowest BCUT2D eigenvalue weighted by Gasteiger charge is -2.32. The molecule has 0 heterocycles. The van der Waals surface area contributed by atoms with Crippen molar-refractivity contribution in [3.8, 4) is 11.5 Å². The fraction of sp³-hybridized carbons (Fsp3) is 0.188. The van der Waals surface area contributed by atoms with Gasteiger partial charge >= 0.3 is 0 Å². The van der Waals surface area contributed by atoms with E-state index in [0.717, 1.165) is 4.31 Å². The van der Waals surface area contributed by atoms with Crippen LogP contribution in [0.1, 0.15) is 19.4 Å². The molecule has 42 heavy (non-hydrogen) atoms. The fourth-order valence-electron chi connectivity index (χ4n) is 4.27. The van der Waals surface area contributed by atoms with Crippen LogP contribution in [0.5, 0.6) is 11.5 Å². The maximum absolute atomic E-state index is 14.0. The number of carbonyl (C=O) groups excluding carboxylic acids is 2. The third kappa shape index (κ3) is 7.48. The SMILES string of the molecule is CCNC(=O)[C@H](C)N(Cc1ccccc1Cl)C(=O)CN(c1ccc(Oc2ccccc2)cc1)S(=O)(=O)c1ccccc1. The molecule has 0 fully saturated rings. The molecule has 0 spiro atoms. The van der Waals surface area contributed by atoms with Gasteiger partial charge in [0.1, 0.15) is 24.1 Å². The van der Waals surface area contributed by atoms with Crippen molar-refractivity contribution >= 4 is 39.1 Å². The molecule has 0 aromatic heterocycles. The molecule has 1 N–H and O–H groups in total. The summed E-state index contributed by atoms with van der Waals surface area (Å²) in [5.74, 6) is 0.192. The molecule has 8 nitrogen and oxygen atoms in total. The van der Waals surface area contributed by atoms with E-state index in [0.29, 0.717) is 28.6 Å². The van der Waals surface area contributed by atoms with Crippen molar-refractivity contribution in [2.45, 2.75) is 31.3 Å². The summed E-state index contributed by atoms with van der Waals surface area (Å²) in [5.41, 5.74) is 0.888. The molecule has 4 aromatic rings. The second kappa shape index (κ2) is 14.0. The Labute approximate surface area is 251 Å². The topological polar surface area (TPSA) is 96.0 Å². The first-order chi connectivity index (χ1) is 20.2. The molecule has 1 atom stereocenters. The highest BCUT2D eigenvalue weighted by Crippen LogP contribution is 2.29. The zero-order valence-electron chi connectivity index (χ0n) is 23.3. The highest BCUT2D eigenvalue weighted by molar-refractivity contribution is 7.92. The summed E-state index contributed by atoms with van der Waals surface area (Å²) >= 11 is 6.39. The van der Waals surface area contributed by atoms with Crippen molar-refractivity contribution in [1.82, 2.24) is 10.2 Å². The van der Waals surface area contributed by atoms with Crippen LogP contribution in [0.25, 0.3) is 0 Å². The van der Waals surface area contributed by atoms with Crippen LogP contribution in [0.4, 0.5) is 5.69 Å². The first-order valence-electron chi connectivity index (χ1n) is 13.4. The van der Waals surface area contributed by atoms with Gasteiger partial charge < -0.3 is 15.0 Å². The number of para-hydroxylation sites is 1. The van der Waals surface area contributed by atoms with Crippen molar-refractivity contribution < 1.29 is 22.7 Å². The van der Waals surface area contributed by atoms with Gasteiger partial charge in [-0.25, -0.2) is 8.42 Å². The molecule has 0 radical (unpaired) electrons. The van der Waals surface area contributed by atoms with Crippen molar-refractivity contribution in [1.29, 1.82) is 0 Å². The van der Waals surface area contributed by atoms with Gasteiger partial charge in [-0.3, -0.25) is 13.9 Å². The summed E-state index contributed by atoms with van der Waals surface area (Å²) < 4.78 is 34.7. The monoisotopic (exact) mass is 605 g/mol. The number of rotatable bonds is 12. The van der Waals surface area contributed by atoms with Gasteiger partial charge in [0.05, 0.1) is 10.6 Å². The van der Waals surface area contributed by atoms with E-state index < -0.39 is 28.5 Å². The summed E-state index contributed by atoms with van der Waals surface area (Å²) in [6, 6.07) is 29.6. The highest BCUT2D eigenvalue weighted by Gasteiger charge is 2.32. The Bertz CT molecular complexity index is 1600. The molecule has 4 rings (SSSR count). The fourth-order valence-corrected chi connectivity index (χ4v) is 5.90. The largest absolute Gasteiger partial charge is 0.457 e. The quantitative estimate of drug-likeness (QED) is 0.218. The number of carbonyl (C=O) groups is 2. The van der Waals surface area contributed by atoms with Gasteiger partial charge in [-0.05, 0) is 74.0 Å². The van der Waals surface area contributed by atoms with E-state index in [1.54, 1.807) is 80.6 Å². The number of ether oxygens (including phenoxy) is 1. The second-order valence-corrected chi connectivity index (χ2v) is 11.7. The number of hydrogen-bond acceptors (Lipinski definition) is 5. The van der Waals surface area contributed by atoms with Crippen LogP contribution in [0, 0.1) is 0 Å². The lowest BCUT2D eigenvalue weighted by molar-refractivity contribution is -0.139. The number of amides is 2. The molecule has 0 aliphatic carbocycles. The summed E-state index contributed by atoms with van der Waals surface area (Å²) in [6.07, 6.45) is 0. The zero-order chi connectivity index (χ0) is 30.1. The Morgan fingerprint density at radius 1 is 0.833 bits per heavy atom. The van der Waals surface area contributed by atoms with Gasteiger partial charge in [-0.15, -0.1) is 0 Å². The minimum absolute atomic E-state index is 0.0138. The first-order valence-corrected chi connectivity index (χ1v) is 15.2. The Kier molecular flexibility index (Phi) is 10.2. The van der Waals surface area contributed by atoms with E-state index in [2.05, 4.69) is 5.32 Å². The number of nitrogens with one attached hydrogen (secondary N) is 1. The third-order valence-electron chi connectivity index (χ3n) is 6.53. The Hall–Kier alpha value is -4.34. The molecule has 0 saturated heterocycles. The van der Waals surface area contributed by atoms with E-state index in [1.807, 2.05) is 30.3 Å². The summed E-state index contributed by atoms with van der Waals surface area (Å²) in [7, 11) is -4.17. The number of anilines is 1. The van der Waals surface area contributed by atoms with Gasteiger partial charge in [-0.2, -0.15) is 0 Å². The minimum atomic E-state index is -4.17. The maximum atomic E-state index is 14.0. The molecule has 0 aliphatic rings. The Morgan fingerprint density at radius 2 is 1.40 bits per heavy atom. The number of sulfonamides is 1. The van der Waals surface area contributed by atoms with Crippen LogP contribution >= 0.6 is 11.6 Å². The number of likely N-dealkylation sites (N-methyl/N-ethyl adjacent to an activating group) is 1. The van der Waals surface area contributed by atoms with Crippen LogP contribution < -0.4 is 14.4 Å². The molecule has 4 aromatic carbocycles. The molecule has 0 saturated carbocycles. The van der Waals surface area contributed by atoms with E-state index in [9.17, 15) is 18.0 Å². The van der Waals surface area contributed by atoms with E-state index in [4.69, 9.17) is 16.3 Å². The van der Waals surface area contributed by atoms with Crippen LogP contribution in [-0.2, 0) is 26.2 Å². The lowest BCUT2D eigenvalue weighted by atomic mass is 10.1. The van der Waals surface area contributed by atoms with Crippen molar-refractivity contribution in [2.24, 2.45) is 0 Å². The summed E-state index contributed by atoms with van der Waals surface area (Å²) in [6.45, 7) is 3.23. The normalized spacial score (nSPS) is 11.8. The predicted molar refractivity (Wildman–Crippen MR) is 164 cm³/mol. The standard InChI is InChI=1S/C32H32ClN3O5S/c1-3-34-32(38)24(2)35(22-25-12-10-11-17-30(25)33)31(37)23-36(42(39,40)29-15-8-5-9-16-29)26-18-20-28(21-19-26)41-27-13-6-4-7-14-27/h4-21,24H,3,22-23H2,1-2H3,(H,34,38)/t24-/m0/s1. The van der Waals surface area contributed by atoms with E-state index in [-0.39, 0.29) is 23.0 Å². The van der Waals surface area contributed by atoms with Crippen molar-refractivity contribution in [3.63, 3.8) is 0 Å². The predicted octanol–water partition coefficient (Wildman–Crippen LogP) is 5.88. The molecular formula is C32H32ClN3O5S. The molecule has 0 bridgehead atoms. The van der Waals surface area contributed by atoms with Crippen LogP contribution in [0.15, 0.2) is 114 Å². The average molecular weight is 606 g/mol. The summed E-state index contributed by atoms with van der Waals surface area (Å²) in [4.78, 5) is 28.2. The van der Waals surface area contributed by atoms with Gasteiger partial charge in [0.25, 0.3) is 10.0 Å².